The summed E-state index contributed by atoms with van der Waals surface area (Å²) in [5.74, 6) is 1.79. The third-order valence-electron chi connectivity index (χ3n) is 5.43. The highest BCUT2D eigenvalue weighted by Crippen LogP contribution is 2.23. The molecule has 0 aliphatic carbocycles. The van der Waals surface area contributed by atoms with Gasteiger partial charge in [0.2, 0.25) is 0 Å². The van der Waals surface area contributed by atoms with Gasteiger partial charge in [-0.05, 0) is 44.0 Å². The molecule has 1 unspecified atom stereocenters. The summed E-state index contributed by atoms with van der Waals surface area (Å²) in [5.41, 5.74) is 2.37. The summed E-state index contributed by atoms with van der Waals surface area (Å²) in [5, 5.41) is 20.4. The van der Waals surface area contributed by atoms with E-state index in [1.165, 1.54) is 0 Å². The molecule has 9 nitrogen and oxygen atoms in total. The van der Waals surface area contributed by atoms with Gasteiger partial charge in [0.1, 0.15) is 11.8 Å². The topological polar surface area (TPSA) is 115 Å². The first kappa shape index (κ1) is 22.3. The Kier molecular flexibility index (Phi) is 7.48. The van der Waals surface area contributed by atoms with Crippen molar-refractivity contribution >= 4 is 11.6 Å². The van der Waals surface area contributed by atoms with Crippen LogP contribution < -0.4 is 15.5 Å². The number of rotatable bonds is 7. The number of piperidine rings is 1. The second-order valence-electron chi connectivity index (χ2n) is 7.80. The van der Waals surface area contributed by atoms with Gasteiger partial charge >= 0.3 is 0 Å². The van der Waals surface area contributed by atoms with Crippen molar-refractivity contribution in [2.45, 2.75) is 32.2 Å². The molecule has 2 N–H and O–H groups in total. The molecule has 0 bridgehead atoms. The summed E-state index contributed by atoms with van der Waals surface area (Å²) in [6, 6.07) is 15.9. The van der Waals surface area contributed by atoms with Crippen LogP contribution in [0.5, 0.6) is 0 Å². The van der Waals surface area contributed by atoms with Crippen LogP contribution in [0.15, 0.2) is 58.2 Å². The predicted octanol–water partition coefficient (Wildman–Crippen LogP) is 2.77. The molecule has 3 heterocycles. The van der Waals surface area contributed by atoms with E-state index in [1.807, 2.05) is 49.4 Å². The maximum Gasteiger partial charge on any atom is 0.276 e. The van der Waals surface area contributed by atoms with Crippen LogP contribution in [0.25, 0.3) is 11.6 Å². The van der Waals surface area contributed by atoms with Crippen LogP contribution in [-0.4, -0.2) is 53.3 Å². The molecule has 1 aromatic carbocycles. The van der Waals surface area contributed by atoms with Crippen molar-refractivity contribution in [3.63, 3.8) is 0 Å². The fraction of sp³-hybridized carbons (Fsp3) is 0.375. The molecule has 4 rings (SSSR count). The van der Waals surface area contributed by atoms with E-state index in [1.54, 1.807) is 6.20 Å². The monoisotopic (exact) mass is 444 g/mol. The fourth-order valence-corrected chi connectivity index (χ4v) is 3.89. The number of nitriles is 1. The number of hydrogen-bond acceptors (Lipinski definition) is 7. The summed E-state index contributed by atoms with van der Waals surface area (Å²) in [4.78, 5) is 15.6. The Morgan fingerprint density at radius 3 is 2.97 bits per heavy atom. The van der Waals surface area contributed by atoms with E-state index >= 15 is 0 Å². The van der Waals surface area contributed by atoms with Gasteiger partial charge in [-0.15, -0.1) is 0 Å². The van der Waals surface area contributed by atoms with Crippen LogP contribution >= 0.6 is 0 Å². The molecule has 0 spiro atoms. The van der Waals surface area contributed by atoms with Crippen molar-refractivity contribution < 1.29 is 4.52 Å². The second kappa shape index (κ2) is 11.1. The Bertz CT molecular complexity index is 1100. The molecule has 9 heteroatoms. The Hall–Kier alpha value is -3.93. The first-order valence-corrected chi connectivity index (χ1v) is 11.3. The van der Waals surface area contributed by atoms with Gasteiger partial charge in [-0.25, -0.2) is 0 Å². The number of nitrogens with zero attached hydrogens (tertiary/aromatic N) is 6. The molecule has 0 saturated carbocycles. The van der Waals surface area contributed by atoms with Gasteiger partial charge in [-0.2, -0.15) is 10.2 Å². The Morgan fingerprint density at radius 2 is 2.15 bits per heavy atom. The SMILES string of the molecule is CCNC(=NCCc1noc(-c2ccccn2)n1)NC1CCCN(c2ccccc2C#N)C1. The van der Waals surface area contributed by atoms with Gasteiger partial charge in [-0.3, -0.25) is 9.98 Å². The minimum absolute atomic E-state index is 0.240. The Labute approximate surface area is 193 Å². The number of hydrogen-bond donors (Lipinski definition) is 2. The van der Waals surface area contributed by atoms with Crippen LogP contribution in [-0.2, 0) is 6.42 Å². The molecule has 1 fully saturated rings. The van der Waals surface area contributed by atoms with Crippen LogP contribution in [0.1, 0.15) is 31.2 Å². The summed E-state index contributed by atoms with van der Waals surface area (Å²) in [6.07, 6.45) is 4.37. The molecule has 1 atom stereocenters. The van der Waals surface area contributed by atoms with Crippen LogP contribution in [0, 0.1) is 11.3 Å². The van der Waals surface area contributed by atoms with Crippen molar-refractivity contribution in [2.24, 2.45) is 4.99 Å². The van der Waals surface area contributed by atoms with Crippen molar-refractivity contribution in [2.75, 3.05) is 31.1 Å². The number of anilines is 1. The standard InChI is InChI=1S/C24H28N8O/c1-2-26-24(28-14-12-22-30-23(33-31-22)20-10-5-6-13-27-20)29-19-9-7-15-32(17-19)21-11-4-3-8-18(21)16-25/h3-6,8,10-11,13,19H,2,7,9,12,14-15,17H2,1H3,(H2,26,28,29). The lowest BCUT2D eigenvalue weighted by Crippen LogP contribution is -2.51. The largest absolute Gasteiger partial charge is 0.368 e. The lowest BCUT2D eigenvalue weighted by atomic mass is 10.0. The van der Waals surface area contributed by atoms with Gasteiger partial charge in [0.05, 0.1) is 11.3 Å². The van der Waals surface area contributed by atoms with E-state index in [2.05, 4.69) is 36.7 Å². The number of pyridine rings is 1. The molecule has 33 heavy (non-hydrogen) atoms. The van der Waals surface area contributed by atoms with Gasteiger partial charge in [0.15, 0.2) is 11.8 Å². The zero-order valence-corrected chi connectivity index (χ0v) is 18.7. The van der Waals surface area contributed by atoms with E-state index in [0.29, 0.717) is 35.9 Å². The average Bonchev–Trinajstić information content (AvgIpc) is 3.34. The molecule has 1 saturated heterocycles. The third kappa shape index (κ3) is 5.86. The first-order valence-electron chi connectivity index (χ1n) is 11.3. The summed E-state index contributed by atoms with van der Waals surface area (Å²) in [6.45, 7) is 5.12. The quantitative estimate of drug-likeness (QED) is 0.422. The molecule has 3 aromatic rings. The molecular weight excluding hydrogens is 416 g/mol. The van der Waals surface area contributed by atoms with E-state index < -0.39 is 0 Å². The number of benzene rings is 1. The maximum absolute atomic E-state index is 9.45. The van der Waals surface area contributed by atoms with Crippen molar-refractivity contribution in [3.8, 4) is 17.7 Å². The molecule has 1 aliphatic rings. The van der Waals surface area contributed by atoms with E-state index in [-0.39, 0.29) is 6.04 Å². The zero-order chi connectivity index (χ0) is 22.9. The van der Waals surface area contributed by atoms with Crippen molar-refractivity contribution in [3.05, 3.63) is 60.0 Å². The third-order valence-corrected chi connectivity index (χ3v) is 5.43. The van der Waals surface area contributed by atoms with Gasteiger partial charge in [0.25, 0.3) is 5.89 Å². The van der Waals surface area contributed by atoms with E-state index in [0.717, 1.165) is 44.1 Å². The second-order valence-corrected chi connectivity index (χ2v) is 7.80. The van der Waals surface area contributed by atoms with Gasteiger partial charge in [-0.1, -0.05) is 23.4 Å². The fourth-order valence-electron chi connectivity index (χ4n) is 3.89. The van der Waals surface area contributed by atoms with Crippen LogP contribution in [0.3, 0.4) is 0 Å². The molecule has 1 aliphatic heterocycles. The minimum Gasteiger partial charge on any atom is -0.368 e. The summed E-state index contributed by atoms with van der Waals surface area (Å²) in [7, 11) is 0. The number of aliphatic imine (C=N–C) groups is 1. The average molecular weight is 445 g/mol. The minimum atomic E-state index is 0.240. The summed E-state index contributed by atoms with van der Waals surface area (Å²) < 4.78 is 5.32. The van der Waals surface area contributed by atoms with Crippen LogP contribution in [0.4, 0.5) is 5.69 Å². The van der Waals surface area contributed by atoms with Gasteiger partial charge < -0.3 is 20.1 Å². The van der Waals surface area contributed by atoms with E-state index in [4.69, 9.17) is 9.52 Å². The maximum atomic E-state index is 9.45. The van der Waals surface area contributed by atoms with Gasteiger partial charge in [0, 0.05) is 44.8 Å². The molecule has 0 radical (unpaired) electrons. The van der Waals surface area contributed by atoms with E-state index in [9.17, 15) is 5.26 Å². The number of guanidine groups is 1. The number of para-hydroxylation sites is 1. The Morgan fingerprint density at radius 1 is 1.27 bits per heavy atom. The molecule has 2 aromatic heterocycles. The highest BCUT2D eigenvalue weighted by molar-refractivity contribution is 5.80. The highest BCUT2D eigenvalue weighted by atomic mass is 16.5. The molecule has 0 amide bonds. The zero-order valence-electron chi connectivity index (χ0n) is 18.7. The lowest BCUT2D eigenvalue weighted by molar-refractivity contribution is 0.421. The number of nitrogens with one attached hydrogen (secondary N) is 2. The Balaban J connectivity index is 1.35. The predicted molar refractivity (Wildman–Crippen MR) is 127 cm³/mol. The smallest absolute Gasteiger partial charge is 0.276 e. The van der Waals surface area contributed by atoms with Crippen molar-refractivity contribution in [1.29, 1.82) is 5.26 Å². The summed E-state index contributed by atoms with van der Waals surface area (Å²) >= 11 is 0. The highest BCUT2D eigenvalue weighted by Gasteiger charge is 2.22. The normalized spacial score (nSPS) is 16.3. The van der Waals surface area contributed by atoms with Crippen LogP contribution in [0.2, 0.25) is 0 Å². The van der Waals surface area contributed by atoms with Crippen molar-refractivity contribution in [1.82, 2.24) is 25.8 Å². The lowest BCUT2D eigenvalue weighted by Gasteiger charge is -2.35. The molecular formula is C24H28N8O. The number of aromatic nitrogens is 3. The first-order chi connectivity index (χ1) is 16.3. The molecule has 170 valence electrons.